The van der Waals surface area contributed by atoms with Gasteiger partial charge in [0.15, 0.2) is 0 Å². The minimum absolute atomic E-state index is 0.195. The molecule has 1 aromatic heterocycles. The van der Waals surface area contributed by atoms with E-state index in [1.165, 1.54) is 0 Å². The minimum Gasteiger partial charge on any atom is -0.489 e. The zero-order chi connectivity index (χ0) is 13.8. The number of hydrogen-bond donors (Lipinski definition) is 1. The molecule has 0 radical (unpaired) electrons. The van der Waals surface area contributed by atoms with Gasteiger partial charge in [0.05, 0.1) is 11.6 Å². The normalized spacial score (nSPS) is 12.4. The molecule has 1 N–H and O–H groups in total. The van der Waals surface area contributed by atoms with Crippen LogP contribution in [0.15, 0.2) is 30.6 Å². The van der Waals surface area contributed by atoms with Crippen molar-refractivity contribution in [2.24, 2.45) is 0 Å². The molecule has 1 aromatic carbocycles. The van der Waals surface area contributed by atoms with Gasteiger partial charge in [0.2, 0.25) is 0 Å². The summed E-state index contributed by atoms with van der Waals surface area (Å²) in [6, 6.07) is 5.57. The highest BCUT2D eigenvalue weighted by Gasteiger charge is 2.09. The summed E-state index contributed by atoms with van der Waals surface area (Å²) >= 11 is 6.03. The lowest BCUT2D eigenvalue weighted by Gasteiger charge is -2.15. The van der Waals surface area contributed by atoms with Crippen LogP contribution in [0.25, 0.3) is 0 Å². The van der Waals surface area contributed by atoms with Gasteiger partial charge in [-0.2, -0.15) is 0 Å². The van der Waals surface area contributed by atoms with Crippen LogP contribution in [0.5, 0.6) is 5.75 Å². The van der Waals surface area contributed by atoms with Crippen LogP contribution < -0.4 is 4.74 Å². The van der Waals surface area contributed by atoms with Crippen molar-refractivity contribution in [1.29, 1.82) is 0 Å². The first-order valence-corrected chi connectivity index (χ1v) is 6.49. The molecular formula is C14H17ClN2O2. The number of ether oxygens (including phenoxy) is 1. The number of benzene rings is 1. The highest BCUT2D eigenvalue weighted by molar-refractivity contribution is 6.32. The molecule has 0 amide bonds. The molecule has 102 valence electrons. The topological polar surface area (TPSA) is 47.3 Å². The van der Waals surface area contributed by atoms with Crippen molar-refractivity contribution in [3.05, 3.63) is 47.0 Å². The first-order valence-electron chi connectivity index (χ1n) is 6.11. The standard InChI is InChI=1S/C14H17ClN2O2/c1-10-3-4-13(15)14(7-10)19-9-12(18)8-17-6-5-16-11(17)2/h3-7,12,18H,8-9H2,1-2H3. The van der Waals surface area contributed by atoms with Gasteiger partial charge < -0.3 is 14.4 Å². The SMILES string of the molecule is Cc1ccc(Cl)c(OCC(O)Cn2ccnc2C)c1. The number of nitrogens with zero attached hydrogens (tertiary/aromatic N) is 2. The molecule has 0 saturated carbocycles. The maximum atomic E-state index is 9.95. The van der Waals surface area contributed by atoms with Crippen LogP contribution in [0, 0.1) is 13.8 Å². The molecule has 0 aliphatic rings. The van der Waals surface area contributed by atoms with E-state index in [0.717, 1.165) is 11.4 Å². The van der Waals surface area contributed by atoms with E-state index in [2.05, 4.69) is 4.98 Å². The Balaban J connectivity index is 1.91. The molecule has 5 heteroatoms. The Morgan fingerprint density at radius 1 is 1.42 bits per heavy atom. The lowest BCUT2D eigenvalue weighted by molar-refractivity contribution is 0.0920. The number of aromatic nitrogens is 2. The molecule has 0 spiro atoms. The number of aliphatic hydroxyl groups is 1. The van der Waals surface area contributed by atoms with Gasteiger partial charge in [0.25, 0.3) is 0 Å². The fourth-order valence-electron chi connectivity index (χ4n) is 1.78. The molecule has 0 fully saturated rings. The van der Waals surface area contributed by atoms with Crippen LogP contribution in [0.2, 0.25) is 5.02 Å². The van der Waals surface area contributed by atoms with Gasteiger partial charge in [0, 0.05) is 12.4 Å². The third-order valence-electron chi connectivity index (χ3n) is 2.85. The summed E-state index contributed by atoms with van der Waals surface area (Å²) in [5.74, 6) is 1.47. The molecule has 1 atom stereocenters. The summed E-state index contributed by atoms with van der Waals surface area (Å²) in [6.07, 6.45) is 2.93. The molecule has 0 saturated heterocycles. The summed E-state index contributed by atoms with van der Waals surface area (Å²) in [4.78, 5) is 4.10. The number of aryl methyl sites for hydroxylation is 2. The molecule has 0 bridgehead atoms. The zero-order valence-corrected chi connectivity index (χ0v) is 11.8. The molecular weight excluding hydrogens is 264 g/mol. The fourth-order valence-corrected chi connectivity index (χ4v) is 1.96. The third kappa shape index (κ3) is 3.72. The molecule has 0 aliphatic carbocycles. The lowest BCUT2D eigenvalue weighted by Crippen LogP contribution is -2.23. The van der Waals surface area contributed by atoms with Crippen molar-refractivity contribution >= 4 is 11.6 Å². The molecule has 2 rings (SSSR count). The van der Waals surface area contributed by atoms with E-state index in [0.29, 0.717) is 17.3 Å². The van der Waals surface area contributed by atoms with Crippen LogP contribution >= 0.6 is 11.6 Å². The average molecular weight is 281 g/mol. The Bertz CT molecular complexity index is 554. The van der Waals surface area contributed by atoms with Gasteiger partial charge in [-0.05, 0) is 31.5 Å². The fraction of sp³-hybridized carbons (Fsp3) is 0.357. The Morgan fingerprint density at radius 3 is 2.89 bits per heavy atom. The van der Waals surface area contributed by atoms with Gasteiger partial charge in [0.1, 0.15) is 24.3 Å². The number of rotatable bonds is 5. The van der Waals surface area contributed by atoms with Gasteiger partial charge in [-0.25, -0.2) is 4.98 Å². The zero-order valence-electron chi connectivity index (χ0n) is 11.0. The molecule has 0 aliphatic heterocycles. The summed E-state index contributed by atoms with van der Waals surface area (Å²) in [5, 5.41) is 10.5. The van der Waals surface area contributed by atoms with E-state index in [1.807, 2.05) is 36.7 Å². The summed E-state index contributed by atoms with van der Waals surface area (Å²) in [5.41, 5.74) is 1.07. The maximum absolute atomic E-state index is 9.95. The quantitative estimate of drug-likeness (QED) is 0.916. The van der Waals surface area contributed by atoms with E-state index in [4.69, 9.17) is 16.3 Å². The van der Waals surface area contributed by atoms with Crippen molar-refractivity contribution in [1.82, 2.24) is 9.55 Å². The summed E-state index contributed by atoms with van der Waals surface area (Å²) in [7, 11) is 0. The van der Waals surface area contributed by atoms with E-state index in [9.17, 15) is 5.11 Å². The van der Waals surface area contributed by atoms with E-state index in [-0.39, 0.29) is 6.61 Å². The van der Waals surface area contributed by atoms with Crippen molar-refractivity contribution in [2.45, 2.75) is 26.5 Å². The van der Waals surface area contributed by atoms with Gasteiger partial charge >= 0.3 is 0 Å². The Morgan fingerprint density at radius 2 is 2.21 bits per heavy atom. The minimum atomic E-state index is -0.607. The number of imidazole rings is 1. The molecule has 1 heterocycles. The van der Waals surface area contributed by atoms with Crippen LogP contribution in [-0.4, -0.2) is 27.4 Å². The first kappa shape index (κ1) is 13.9. The first-order chi connectivity index (χ1) is 9.06. The Hall–Kier alpha value is -1.52. The average Bonchev–Trinajstić information content (AvgIpc) is 2.76. The number of hydrogen-bond acceptors (Lipinski definition) is 3. The van der Waals surface area contributed by atoms with Crippen molar-refractivity contribution in [3.63, 3.8) is 0 Å². The molecule has 19 heavy (non-hydrogen) atoms. The smallest absolute Gasteiger partial charge is 0.138 e. The summed E-state index contributed by atoms with van der Waals surface area (Å²) in [6.45, 7) is 4.51. The highest BCUT2D eigenvalue weighted by Crippen LogP contribution is 2.25. The van der Waals surface area contributed by atoms with Crippen molar-refractivity contribution in [2.75, 3.05) is 6.61 Å². The van der Waals surface area contributed by atoms with Gasteiger partial charge in [-0.1, -0.05) is 17.7 Å². The Kier molecular flexibility index (Phi) is 4.45. The summed E-state index contributed by atoms with van der Waals surface area (Å²) < 4.78 is 7.43. The molecule has 4 nitrogen and oxygen atoms in total. The second-order valence-corrected chi connectivity index (χ2v) is 4.93. The van der Waals surface area contributed by atoms with Gasteiger partial charge in [-0.15, -0.1) is 0 Å². The molecule has 1 unspecified atom stereocenters. The van der Waals surface area contributed by atoms with E-state index < -0.39 is 6.10 Å². The van der Waals surface area contributed by atoms with E-state index >= 15 is 0 Å². The number of aliphatic hydroxyl groups excluding tert-OH is 1. The predicted octanol–water partition coefficient (Wildman–Crippen LogP) is 2.59. The third-order valence-corrected chi connectivity index (χ3v) is 3.16. The maximum Gasteiger partial charge on any atom is 0.138 e. The lowest BCUT2D eigenvalue weighted by atomic mass is 10.2. The van der Waals surface area contributed by atoms with Crippen LogP contribution in [0.3, 0.4) is 0 Å². The Labute approximate surface area is 117 Å². The monoisotopic (exact) mass is 280 g/mol. The van der Waals surface area contributed by atoms with Crippen molar-refractivity contribution in [3.8, 4) is 5.75 Å². The number of halogens is 1. The second-order valence-electron chi connectivity index (χ2n) is 4.53. The van der Waals surface area contributed by atoms with Crippen LogP contribution in [-0.2, 0) is 6.54 Å². The second kappa shape index (κ2) is 6.08. The van der Waals surface area contributed by atoms with E-state index in [1.54, 1.807) is 12.3 Å². The van der Waals surface area contributed by atoms with Gasteiger partial charge in [-0.3, -0.25) is 0 Å². The van der Waals surface area contributed by atoms with Crippen LogP contribution in [0.1, 0.15) is 11.4 Å². The largest absolute Gasteiger partial charge is 0.489 e. The highest BCUT2D eigenvalue weighted by atomic mass is 35.5. The van der Waals surface area contributed by atoms with Crippen LogP contribution in [0.4, 0.5) is 0 Å². The predicted molar refractivity (Wildman–Crippen MR) is 74.7 cm³/mol. The molecule has 2 aromatic rings. The van der Waals surface area contributed by atoms with Crippen molar-refractivity contribution < 1.29 is 9.84 Å².